The van der Waals surface area contributed by atoms with Crippen LogP contribution in [0.25, 0.3) is 0 Å². The average Bonchev–Trinajstić information content (AvgIpc) is 2.81. The molecule has 2 saturated carbocycles. The van der Waals surface area contributed by atoms with E-state index in [9.17, 15) is 9.90 Å². The fourth-order valence-electron chi connectivity index (χ4n) is 5.86. The predicted octanol–water partition coefficient (Wildman–Crippen LogP) is 4.02. The van der Waals surface area contributed by atoms with Gasteiger partial charge in [0.25, 0.3) is 0 Å². The van der Waals surface area contributed by atoms with Crippen molar-refractivity contribution in [3.63, 3.8) is 0 Å². The Morgan fingerprint density at radius 2 is 2.09 bits per heavy atom. The maximum atomic E-state index is 11.2. The van der Waals surface area contributed by atoms with Gasteiger partial charge in [-0.2, -0.15) is 0 Å². The van der Waals surface area contributed by atoms with E-state index >= 15 is 0 Å². The minimum atomic E-state index is -0.213. The molecule has 0 aromatic heterocycles. The lowest BCUT2D eigenvalue weighted by molar-refractivity contribution is -0.135. The molecule has 0 aromatic rings. The average molecular weight is 318 g/mol. The number of aliphatic hydroxyl groups excluding tert-OH is 1. The van der Waals surface area contributed by atoms with Crippen LogP contribution in [0, 0.1) is 22.7 Å². The first-order valence-corrected chi connectivity index (χ1v) is 8.94. The van der Waals surface area contributed by atoms with Crippen molar-refractivity contribution in [2.24, 2.45) is 22.7 Å². The molecule has 1 N–H and O–H groups in total. The Bertz CT molecular complexity index is 545. The number of carbonyl (C=O) groups excluding carboxylic acids is 1. The summed E-state index contributed by atoms with van der Waals surface area (Å²) >= 11 is 0. The predicted molar refractivity (Wildman–Crippen MR) is 90.8 cm³/mol. The third-order valence-corrected chi connectivity index (χ3v) is 6.70. The second-order valence-electron chi connectivity index (χ2n) is 8.81. The number of cyclic esters (lactones) is 1. The maximum Gasteiger partial charge on any atom is 0.331 e. The first-order chi connectivity index (χ1) is 10.7. The summed E-state index contributed by atoms with van der Waals surface area (Å²) in [6.07, 6.45) is 7.40. The highest BCUT2D eigenvalue weighted by Gasteiger charge is 2.54. The molecule has 0 amide bonds. The van der Waals surface area contributed by atoms with Crippen molar-refractivity contribution >= 4 is 5.97 Å². The Morgan fingerprint density at radius 3 is 2.74 bits per heavy atom. The van der Waals surface area contributed by atoms with Gasteiger partial charge in [-0.15, -0.1) is 0 Å². The second-order valence-corrected chi connectivity index (χ2v) is 8.81. The molecule has 128 valence electrons. The molecule has 0 saturated heterocycles. The number of rotatable bonds is 3. The van der Waals surface area contributed by atoms with Crippen LogP contribution >= 0.6 is 0 Å². The van der Waals surface area contributed by atoms with Crippen LogP contribution < -0.4 is 0 Å². The van der Waals surface area contributed by atoms with Crippen LogP contribution in [0.2, 0.25) is 0 Å². The van der Waals surface area contributed by atoms with E-state index < -0.39 is 0 Å². The van der Waals surface area contributed by atoms with E-state index in [0.717, 1.165) is 37.7 Å². The zero-order valence-electron chi connectivity index (χ0n) is 14.7. The summed E-state index contributed by atoms with van der Waals surface area (Å²) in [5.41, 5.74) is 2.72. The van der Waals surface area contributed by atoms with Crippen molar-refractivity contribution in [1.29, 1.82) is 0 Å². The molecule has 3 heteroatoms. The maximum absolute atomic E-state index is 11.2. The smallest absolute Gasteiger partial charge is 0.331 e. The van der Waals surface area contributed by atoms with Crippen molar-refractivity contribution in [3.8, 4) is 0 Å². The van der Waals surface area contributed by atoms with Gasteiger partial charge in [0, 0.05) is 6.08 Å². The summed E-state index contributed by atoms with van der Waals surface area (Å²) in [7, 11) is 0. The van der Waals surface area contributed by atoms with Crippen LogP contribution in [0.15, 0.2) is 23.8 Å². The number of esters is 1. The van der Waals surface area contributed by atoms with Crippen molar-refractivity contribution in [1.82, 2.24) is 0 Å². The summed E-state index contributed by atoms with van der Waals surface area (Å²) < 4.78 is 5.02. The van der Waals surface area contributed by atoms with E-state index in [1.165, 1.54) is 12.0 Å². The van der Waals surface area contributed by atoms with E-state index in [4.69, 9.17) is 4.74 Å². The molecule has 1 aliphatic heterocycles. The lowest BCUT2D eigenvalue weighted by atomic mass is 9.46. The fourth-order valence-corrected chi connectivity index (χ4v) is 5.86. The van der Waals surface area contributed by atoms with Gasteiger partial charge in [0.15, 0.2) is 0 Å². The number of ether oxygens (including phenoxy) is 1. The van der Waals surface area contributed by atoms with Crippen LogP contribution in [-0.2, 0) is 9.53 Å². The summed E-state index contributed by atoms with van der Waals surface area (Å²) in [5.74, 6) is 0.845. The molecule has 3 rings (SSSR count). The Morgan fingerprint density at radius 1 is 1.35 bits per heavy atom. The van der Waals surface area contributed by atoms with Gasteiger partial charge in [0.2, 0.25) is 0 Å². The lowest BCUT2D eigenvalue weighted by Gasteiger charge is -2.59. The third-order valence-electron chi connectivity index (χ3n) is 6.70. The van der Waals surface area contributed by atoms with Gasteiger partial charge in [0.1, 0.15) is 6.61 Å². The molecule has 23 heavy (non-hydrogen) atoms. The summed E-state index contributed by atoms with van der Waals surface area (Å²) in [6.45, 7) is 11.8. The van der Waals surface area contributed by atoms with Gasteiger partial charge in [-0.1, -0.05) is 32.9 Å². The van der Waals surface area contributed by atoms with E-state index in [1.807, 2.05) is 0 Å². The number of allylic oxidation sites excluding steroid dienone is 1. The first-order valence-electron chi connectivity index (χ1n) is 8.94. The van der Waals surface area contributed by atoms with E-state index in [1.54, 1.807) is 6.08 Å². The highest BCUT2D eigenvalue weighted by Crippen LogP contribution is 2.61. The Labute approximate surface area is 139 Å². The van der Waals surface area contributed by atoms with Gasteiger partial charge in [-0.25, -0.2) is 4.79 Å². The van der Waals surface area contributed by atoms with E-state index in [0.29, 0.717) is 18.4 Å². The van der Waals surface area contributed by atoms with Gasteiger partial charge < -0.3 is 9.84 Å². The SMILES string of the molecule is C=C1CCC2C(C)(C)CC(O)CC2(C)C1CCC1=CC(=O)OC1. The van der Waals surface area contributed by atoms with Crippen molar-refractivity contribution in [2.45, 2.75) is 65.4 Å². The van der Waals surface area contributed by atoms with Crippen molar-refractivity contribution < 1.29 is 14.6 Å². The zero-order valence-corrected chi connectivity index (χ0v) is 14.7. The molecule has 4 atom stereocenters. The summed E-state index contributed by atoms with van der Waals surface area (Å²) in [5, 5.41) is 10.5. The molecule has 0 radical (unpaired) electrons. The monoisotopic (exact) mass is 318 g/mol. The molecule has 3 nitrogen and oxygen atoms in total. The van der Waals surface area contributed by atoms with Gasteiger partial charge in [-0.3, -0.25) is 0 Å². The third kappa shape index (κ3) is 3.00. The highest BCUT2D eigenvalue weighted by molar-refractivity contribution is 5.85. The number of fused-ring (bicyclic) bond motifs is 1. The van der Waals surface area contributed by atoms with Gasteiger partial charge in [0.05, 0.1) is 6.10 Å². The first kappa shape index (κ1) is 16.8. The highest BCUT2D eigenvalue weighted by atomic mass is 16.5. The van der Waals surface area contributed by atoms with Crippen LogP contribution in [-0.4, -0.2) is 23.8 Å². The van der Waals surface area contributed by atoms with Crippen LogP contribution in [0.5, 0.6) is 0 Å². The quantitative estimate of drug-likeness (QED) is 0.631. The molecule has 1 heterocycles. The largest absolute Gasteiger partial charge is 0.458 e. The minimum absolute atomic E-state index is 0.112. The number of carbonyl (C=O) groups is 1. The normalized spacial score (nSPS) is 39.7. The van der Waals surface area contributed by atoms with Crippen LogP contribution in [0.3, 0.4) is 0 Å². The molecule has 2 fully saturated rings. The van der Waals surface area contributed by atoms with Crippen LogP contribution in [0.4, 0.5) is 0 Å². The fraction of sp³-hybridized carbons (Fsp3) is 0.750. The molecule has 0 bridgehead atoms. The molecule has 2 aliphatic carbocycles. The molecule has 0 spiro atoms. The lowest BCUT2D eigenvalue weighted by Crippen LogP contribution is -2.53. The molecule has 3 aliphatic rings. The molecule has 0 aromatic carbocycles. The van der Waals surface area contributed by atoms with E-state index in [-0.39, 0.29) is 22.9 Å². The minimum Gasteiger partial charge on any atom is -0.458 e. The topological polar surface area (TPSA) is 46.5 Å². The Hall–Kier alpha value is -1.09. The summed E-state index contributed by atoms with van der Waals surface area (Å²) in [4.78, 5) is 11.2. The zero-order chi connectivity index (χ0) is 16.8. The molecule has 4 unspecified atom stereocenters. The van der Waals surface area contributed by atoms with Gasteiger partial charge in [-0.05, 0) is 66.8 Å². The molecular formula is C20H30O3. The Balaban J connectivity index is 1.80. The van der Waals surface area contributed by atoms with Crippen molar-refractivity contribution in [2.75, 3.05) is 6.61 Å². The van der Waals surface area contributed by atoms with E-state index in [2.05, 4.69) is 27.4 Å². The van der Waals surface area contributed by atoms with Gasteiger partial charge >= 0.3 is 5.97 Å². The number of hydrogen-bond donors (Lipinski definition) is 1. The second kappa shape index (κ2) is 5.77. The number of hydrogen-bond acceptors (Lipinski definition) is 3. The Kier molecular flexibility index (Phi) is 4.20. The molecular weight excluding hydrogens is 288 g/mol. The standard InChI is InChI=1S/C20H30O3/c1-13-5-8-17-19(2,3)10-15(21)11-20(17,4)16(13)7-6-14-9-18(22)23-12-14/h9,15-17,21H,1,5-8,10-12H2,2-4H3. The summed E-state index contributed by atoms with van der Waals surface area (Å²) in [6, 6.07) is 0. The number of aliphatic hydroxyl groups is 1. The van der Waals surface area contributed by atoms with Crippen LogP contribution in [0.1, 0.15) is 59.3 Å². The van der Waals surface area contributed by atoms with Crippen molar-refractivity contribution in [3.05, 3.63) is 23.8 Å².